The van der Waals surface area contributed by atoms with Crippen molar-refractivity contribution in [1.29, 1.82) is 0 Å². The zero-order valence-electron chi connectivity index (χ0n) is 10.2. The number of likely N-dealkylation sites (tertiary alicyclic amines) is 1. The molecule has 1 amide bonds. The number of carbonyl (C=O) groups is 1. The number of amides is 1. The third-order valence-corrected chi connectivity index (χ3v) is 3.64. The van der Waals surface area contributed by atoms with Gasteiger partial charge in [-0.25, -0.2) is 0 Å². The predicted molar refractivity (Wildman–Crippen MR) is 70.8 cm³/mol. The molecule has 0 bridgehead atoms. The van der Waals surface area contributed by atoms with E-state index in [0.29, 0.717) is 10.7 Å². The maximum Gasteiger partial charge on any atom is 0.273 e. The molecule has 2 aromatic rings. The summed E-state index contributed by atoms with van der Waals surface area (Å²) in [4.78, 5) is 18.6. The highest BCUT2D eigenvalue weighted by molar-refractivity contribution is 6.33. The predicted octanol–water partition coefficient (Wildman–Crippen LogP) is 2.44. The molecule has 19 heavy (non-hydrogen) atoms. The topological polar surface area (TPSA) is 61.9 Å². The van der Waals surface area contributed by atoms with Crippen LogP contribution in [0.25, 0.3) is 0 Å². The first kappa shape index (κ1) is 12.2. The molecule has 1 aliphatic heterocycles. The molecule has 6 heteroatoms. The number of hydrogen-bond donors (Lipinski definition) is 1. The first-order chi connectivity index (χ1) is 9.27. The minimum Gasteiger partial charge on any atom is -0.329 e. The highest BCUT2D eigenvalue weighted by Crippen LogP contribution is 2.32. The summed E-state index contributed by atoms with van der Waals surface area (Å²) < 4.78 is 0. The first-order valence-corrected chi connectivity index (χ1v) is 6.56. The Morgan fingerprint density at radius 2 is 2.37 bits per heavy atom. The van der Waals surface area contributed by atoms with E-state index in [1.165, 1.54) is 6.20 Å². The van der Waals surface area contributed by atoms with E-state index in [0.717, 1.165) is 25.1 Å². The molecule has 1 fully saturated rings. The Kier molecular flexibility index (Phi) is 3.21. The molecular formula is C13H13ClN4O. The smallest absolute Gasteiger partial charge is 0.273 e. The molecule has 1 atom stereocenters. The number of nitrogens with zero attached hydrogens (tertiary/aromatic N) is 3. The van der Waals surface area contributed by atoms with Crippen LogP contribution < -0.4 is 0 Å². The Bertz CT molecular complexity index is 583. The Hall–Kier alpha value is -1.88. The van der Waals surface area contributed by atoms with Crippen molar-refractivity contribution in [3.05, 3.63) is 47.0 Å². The third-order valence-electron chi connectivity index (χ3n) is 3.35. The average molecular weight is 277 g/mol. The van der Waals surface area contributed by atoms with E-state index >= 15 is 0 Å². The number of hydrogen-bond acceptors (Lipinski definition) is 3. The molecular weight excluding hydrogens is 264 g/mol. The van der Waals surface area contributed by atoms with E-state index in [1.54, 1.807) is 6.20 Å². The third kappa shape index (κ3) is 2.21. The molecule has 0 radical (unpaired) electrons. The minimum atomic E-state index is -0.115. The zero-order valence-corrected chi connectivity index (χ0v) is 11.0. The number of halogens is 1. The van der Waals surface area contributed by atoms with E-state index in [2.05, 4.69) is 15.2 Å². The summed E-state index contributed by atoms with van der Waals surface area (Å²) in [6, 6.07) is 5.78. The van der Waals surface area contributed by atoms with Gasteiger partial charge in [-0.1, -0.05) is 17.7 Å². The van der Waals surface area contributed by atoms with Crippen LogP contribution in [0.3, 0.4) is 0 Å². The molecule has 1 aliphatic rings. The van der Waals surface area contributed by atoms with Gasteiger partial charge < -0.3 is 4.90 Å². The van der Waals surface area contributed by atoms with Crippen LogP contribution in [0, 0.1) is 0 Å². The molecule has 0 spiro atoms. The van der Waals surface area contributed by atoms with Crippen molar-refractivity contribution in [3.8, 4) is 0 Å². The van der Waals surface area contributed by atoms with Gasteiger partial charge in [-0.2, -0.15) is 5.10 Å². The fourth-order valence-electron chi connectivity index (χ4n) is 2.46. The second kappa shape index (κ2) is 5.01. The Labute approximate surface area is 115 Å². The van der Waals surface area contributed by atoms with Crippen LogP contribution >= 0.6 is 11.6 Å². The molecule has 2 aromatic heterocycles. The molecule has 0 unspecified atom stereocenters. The highest BCUT2D eigenvalue weighted by Gasteiger charge is 2.32. The Balaban J connectivity index is 1.88. The van der Waals surface area contributed by atoms with Gasteiger partial charge in [-0.05, 0) is 25.0 Å². The van der Waals surface area contributed by atoms with Gasteiger partial charge in [0.15, 0.2) is 0 Å². The number of pyridine rings is 1. The number of H-pyrrole nitrogens is 1. The van der Waals surface area contributed by atoms with Gasteiger partial charge in [-0.3, -0.25) is 14.9 Å². The number of carbonyl (C=O) groups excluding carboxylic acids is 1. The summed E-state index contributed by atoms with van der Waals surface area (Å²) in [5, 5.41) is 6.81. The van der Waals surface area contributed by atoms with Crippen molar-refractivity contribution in [3.63, 3.8) is 0 Å². The van der Waals surface area contributed by atoms with Crippen molar-refractivity contribution >= 4 is 17.5 Å². The lowest BCUT2D eigenvalue weighted by atomic mass is 10.1. The highest BCUT2D eigenvalue weighted by atomic mass is 35.5. The Morgan fingerprint density at radius 3 is 3.05 bits per heavy atom. The summed E-state index contributed by atoms with van der Waals surface area (Å²) >= 11 is 5.95. The summed E-state index contributed by atoms with van der Waals surface area (Å²) in [5.41, 5.74) is 1.27. The molecule has 1 N–H and O–H groups in total. The van der Waals surface area contributed by atoms with E-state index in [-0.39, 0.29) is 11.9 Å². The lowest BCUT2D eigenvalue weighted by Gasteiger charge is -2.23. The van der Waals surface area contributed by atoms with E-state index < -0.39 is 0 Å². The fraction of sp³-hybridized carbons (Fsp3) is 0.308. The second-order valence-electron chi connectivity index (χ2n) is 4.50. The quantitative estimate of drug-likeness (QED) is 0.916. The van der Waals surface area contributed by atoms with Crippen LogP contribution in [0.1, 0.15) is 35.1 Å². The fourth-order valence-corrected chi connectivity index (χ4v) is 2.63. The van der Waals surface area contributed by atoms with E-state index in [1.807, 2.05) is 23.1 Å². The van der Waals surface area contributed by atoms with Gasteiger partial charge in [0, 0.05) is 12.7 Å². The van der Waals surface area contributed by atoms with Crippen molar-refractivity contribution in [2.24, 2.45) is 0 Å². The Morgan fingerprint density at radius 1 is 1.47 bits per heavy atom. The maximum atomic E-state index is 12.5. The largest absolute Gasteiger partial charge is 0.329 e. The van der Waals surface area contributed by atoms with Gasteiger partial charge >= 0.3 is 0 Å². The van der Waals surface area contributed by atoms with Gasteiger partial charge in [0.1, 0.15) is 5.69 Å². The van der Waals surface area contributed by atoms with Gasteiger partial charge in [-0.15, -0.1) is 0 Å². The molecule has 0 aromatic carbocycles. The molecule has 5 nitrogen and oxygen atoms in total. The maximum absolute atomic E-state index is 12.5. The molecule has 98 valence electrons. The van der Waals surface area contributed by atoms with Gasteiger partial charge in [0.05, 0.1) is 23.0 Å². The number of aromatic amines is 1. The molecule has 3 heterocycles. The summed E-state index contributed by atoms with van der Waals surface area (Å²) in [6.07, 6.45) is 5.09. The van der Waals surface area contributed by atoms with Crippen molar-refractivity contribution in [2.45, 2.75) is 18.9 Å². The van der Waals surface area contributed by atoms with Crippen molar-refractivity contribution in [1.82, 2.24) is 20.1 Å². The minimum absolute atomic E-state index is 0.0214. The van der Waals surface area contributed by atoms with Gasteiger partial charge in [0.25, 0.3) is 5.91 Å². The standard InChI is InChI=1S/C13H13ClN4O/c14-9-8-16-17-12(9)13(19)18-7-3-5-11(18)10-4-1-2-6-15-10/h1-2,4,6,8,11H,3,5,7H2,(H,16,17)/t11-/m0/s1. The monoisotopic (exact) mass is 276 g/mol. The van der Waals surface area contributed by atoms with E-state index in [9.17, 15) is 4.79 Å². The van der Waals surface area contributed by atoms with Gasteiger partial charge in [0.2, 0.25) is 0 Å². The van der Waals surface area contributed by atoms with E-state index in [4.69, 9.17) is 11.6 Å². The number of nitrogens with one attached hydrogen (secondary N) is 1. The lowest BCUT2D eigenvalue weighted by Crippen LogP contribution is -2.31. The summed E-state index contributed by atoms with van der Waals surface area (Å²) in [7, 11) is 0. The summed E-state index contributed by atoms with van der Waals surface area (Å²) in [6.45, 7) is 0.718. The van der Waals surface area contributed by atoms with Crippen LogP contribution in [-0.4, -0.2) is 32.5 Å². The molecule has 3 rings (SSSR count). The number of rotatable bonds is 2. The first-order valence-electron chi connectivity index (χ1n) is 6.18. The van der Waals surface area contributed by atoms with Crippen LogP contribution in [-0.2, 0) is 0 Å². The van der Waals surface area contributed by atoms with Crippen LogP contribution in [0.4, 0.5) is 0 Å². The van der Waals surface area contributed by atoms with Crippen molar-refractivity contribution in [2.75, 3.05) is 6.54 Å². The normalized spacial score (nSPS) is 18.8. The van der Waals surface area contributed by atoms with Crippen molar-refractivity contribution < 1.29 is 4.79 Å². The molecule has 1 saturated heterocycles. The lowest BCUT2D eigenvalue weighted by molar-refractivity contribution is 0.0727. The van der Waals surface area contributed by atoms with Crippen LogP contribution in [0.15, 0.2) is 30.6 Å². The van der Waals surface area contributed by atoms with Crippen LogP contribution in [0.5, 0.6) is 0 Å². The number of aromatic nitrogens is 3. The zero-order chi connectivity index (χ0) is 13.2. The van der Waals surface area contributed by atoms with Crippen LogP contribution in [0.2, 0.25) is 5.02 Å². The molecule has 0 aliphatic carbocycles. The molecule has 0 saturated carbocycles. The average Bonchev–Trinajstić information content (AvgIpc) is 3.07. The SMILES string of the molecule is O=C(c1[nH]ncc1Cl)N1CCC[C@H]1c1ccccn1. The summed E-state index contributed by atoms with van der Waals surface area (Å²) in [5.74, 6) is -0.115. The second-order valence-corrected chi connectivity index (χ2v) is 4.91.